The molecule has 1 aromatic carbocycles. The molecule has 1 aliphatic rings. The van der Waals surface area contributed by atoms with Crippen molar-refractivity contribution in [2.75, 3.05) is 12.3 Å². The Morgan fingerprint density at radius 1 is 1.29 bits per heavy atom. The van der Waals surface area contributed by atoms with Gasteiger partial charge in [-0.15, -0.1) is 0 Å². The molecule has 3 rings (SSSR count). The third kappa shape index (κ3) is 3.10. The van der Waals surface area contributed by atoms with Crippen LogP contribution in [0.5, 0.6) is 0 Å². The Kier molecular flexibility index (Phi) is 4.24. The molecule has 1 aliphatic heterocycles. The first-order valence-corrected chi connectivity index (χ1v) is 7.92. The Bertz CT molecular complexity index is 728. The predicted octanol–water partition coefficient (Wildman–Crippen LogP) is 4.09. The lowest BCUT2D eigenvalue weighted by Crippen LogP contribution is -2.26. The number of furan rings is 1. The summed E-state index contributed by atoms with van der Waals surface area (Å²) in [6, 6.07) is 8.54. The Labute approximate surface area is 135 Å². The monoisotopic (exact) mass is 340 g/mol. The van der Waals surface area contributed by atoms with Crippen molar-refractivity contribution in [2.24, 2.45) is 4.99 Å². The van der Waals surface area contributed by atoms with E-state index in [0.717, 1.165) is 12.3 Å². The Hall–Kier alpha value is -1.43. The van der Waals surface area contributed by atoms with Crippen molar-refractivity contribution >= 4 is 46.0 Å². The highest BCUT2D eigenvalue weighted by atomic mass is 35.5. The number of thioether (sulfide) groups is 1. The summed E-state index contributed by atoms with van der Waals surface area (Å²) in [6.45, 7) is 0.724. The first-order chi connectivity index (χ1) is 10.1. The van der Waals surface area contributed by atoms with Gasteiger partial charge in [0.15, 0.2) is 10.9 Å². The molecule has 0 atom stereocenters. The smallest absolute Gasteiger partial charge is 0.292 e. The van der Waals surface area contributed by atoms with Crippen LogP contribution in [0.15, 0.2) is 39.7 Å². The van der Waals surface area contributed by atoms with Gasteiger partial charge in [-0.1, -0.05) is 41.0 Å². The zero-order valence-corrected chi connectivity index (χ0v) is 13.1. The number of amidine groups is 1. The van der Waals surface area contributed by atoms with Gasteiger partial charge in [0, 0.05) is 11.3 Å². The summed E-state index contributed by atoms with van der Waals surface area (Å²) in [4.78, 5) is 16.2. The normalized spacial score (nSPS) is 14.1. The zero-order valence-electron chi connectivity index (χ0n) is 10.7. The van der Waals surface area contributed by atoms with E-state index < -0.39 is 0 Å². The minimum absolute atomic E-state index is 0.205. The highest BCUT2D eigenvalue weighted by Crippen LogP contribution is 2.34. The van der Waals surface area contributed by atoms with E-state index in [4.69, 9.17) is 27.6 Å². The second-order valence-electron chi connectivity index (χ2n) is 4.25. The Balaban J connectivity index is 1.82. The van der Waals surface area contributed by atoms with Gasteiger partial charge in [0.25, 0.3) is 5.91 Å². The number of hydrogen-bond acceptors (Lipinski definition) is 4. The number of carbonyl (C=O) groups excluding carboxylic acids is 1. The molecule has 0 fully saturated rings. The van der Waals surface area contributed by atoms with Gasteiger partial charge >= 0.3 is 0 Å². The second-order valence-corrected chi connectivity index (χ2v) is 6.12. The highest BCUT2D eigenvalue weighted by molar-refractivity contribution is 8.14. The van der Waals surface area contributed by atoms with Gasteiger partial charge in [-0.05, 0) is 24.3 Å². The summed E-state index contributed by atoms with van der Waals surface area (Å²) in [5.74, 6) is 1.26. The van der Waals surface area contributed by atoms with E-state index in [1.54, 1.807) is 30.3 Å². The van der Waals surface area contributed by atoms with Crippen LogP contribution in [-0.4, -0.2) is 23.4 Å². The highest BCUT2D eigenvalue weighted by Gasteiger charge is 2.17. The molecule has 2 heterocycles. The fourth-order valence-electron chi connectivity index (χ4n) is 1.87. The number of rotatable bonds is 2. The number of hydrogen-bond donors (Lipinski definition) is 1. The zero-order chi connectivity index (χ0) is 14.8. The van der Waals surface area contributed by atoms with E-state index in [1.165, 1.54) is 11.8 Å². The van der Waals surface area contributed by atoms with Crippen LogP contribution < -0.4 is 5.32 Å². The van der Waals surface area contributed by atoms with Crippen molar-refractivity contribution in [3.8, 4) is 11.3 Å². The van der Waals surface area contributed by atoms with E-state index in [9.17, 15) is 4.79 Å². The lowest BCUT2D eigenvalue weighted by molar-refractivity contribution is 0.0952. The second kappa shape index (κ2) is 6.13. The molecule has 0 bridgehead atoms. The van der Waals surface area contributed by atoms with E-state index >= 15 is 0 Å². The molecular formula is C14H10Cl2N2O2S. The maximum atomic E-state index is 12.0. The maximum Gasteiger partial charge on any atom is 0.292 e. The average Bonchev–Trinajstić information content (AvgIpc) is 3.12. The van der Waals surface area contributed by atoms with E-state index in [2.05, 4.69) is 10.3 Å². The molecule has 7 heteroatoms. The molecule has 1 N–H and O–H groups in total. The topological polar surface area (TPSA) is 54.6 Å². The molecule has 0 radical (unpaired) electrons. The van der Waals surface area contributed by atoms with Crippen molar-refractivity contribution in [1.29, 1.82) is 0 Å². The molecule has 108 valence electrons. The standard InChI is InChI=1S/C14H10Cl2N2O2S/c15-9-3-1-2-8(12(9)16)10-4-5-11(20-10)13(19)18-14-17-6-7-21-14/h1-5H,6-7H2,(H,17,18,19). The van der Waals surface area contributed by atoms with E-state index in [1.807, 2.05) is 0 Å². The van der Waals surface area contributed by atoms with Gasteiger partial charge in [-0.3, -0.25) is 15.1 Å². The molecule has 1 aromatic heterocycles. The fourth-order valence-corrected chi connectivity index (χ4v) is 2.99. The van der Waals surface area contributed by atoms with Crippen LogP contribution in [0.4, 0.5) is 0 Å². The number of halogens is 2. The molecule has 0 saturated carbocycles. The van der Waals surface area contributed by atoms with Gasteiger partial charge in [0.05, 0.1) is 16.6 Å². The summed E-state index contributed by atoms with van der Waals surface area (Å²) < 4.78 is 5.56. The molecule has 1 amide bonds. The van der Waals surface area contributed by atoms with Crippen LogP contribution >= 0.6 is 35.0 Å². The van der Waals surface area contributed by atoms with Gasteiger partial charge in [-0.25, -0.2) is 0 Å². The average molecular weight is 341 g/mol. The quantitative estimate of drug-likeness (QED) is 0.895. The van der Waals surface area contributed by atoms with Crippen LogP contribution in [0, 0.1) is 0 Å². The van der Waals surface area contributed by atoms with Crippen LogP contribution in [0.1, 0.15) is 10.6 Å². The maximum absolute atomic E-state index is 12.0. The minimum atomic E-state index is -0.326. The third-order valence-corrected chi connectivity index (χ3v) is 4.56. The summed E-state index contributed by atoms with van der Waals surface area (Å²) in [6.07, 6.45) is 0. The molecule has 0 aliphatic carbocycles. The lowest BCUT2D eigenvalue weighted by Gasteiger charge is -2.03. The predicted molar refractivity (Wildman–Crippen MR) is 86.4 cm³/mol. The first kappa shape index (κ1) is 14.5. The van der Waals surface area contributed by atoms with Gasteiger partial charge < -0.3 is 4.42 Å². The molecule has 2 aromatic rings. The van der Waals surface area contributed by atoms with Crippen LogP contribution in [0.2, 0.25) is 10.0 Å². The molecule has 4 nitrogen and oxygen atoms in total. The largest absolute Gasteiger partial charge is 0.451 e. The summed E-state index contributed by atoms with van der Waals surface area (Å²) in [5, 5.41) is 4.17. The summed E-state index contributed by atoms with van der Waals surface area (Å²) >= 11 is 13.6. The van der Waals surface area contributed by atoms with E-state index in [-0.39, 0.29) is 11.7 Å². The molecule has 0 spiro atoms. The Morgan fingerprint density at radius 3 is 2.90 bits per heavy atom. The Morgan fingerprint density at radius 2 is 2.14 bits per heavy atom. The van der Waals surface area contributed by atoms with Gasteiger partial charge in [-0.2, -0.15) is 0 Å². The SMILES string of the molecule is O=C(NC1=NCCS1)c1ccc(-c2cccc(Cl)c2Cl)o1. The number of nitrogens with one attached hydrogen (secondary N) is 1. The van der Waals surface area contributed by atoms with Crippen molar-refractivity contribution in [3.05, 3.63) is 46.1 Å². The minimum Gasteiger partial charge on any atom is -0.451 e. The number of carbonyl (C=O) groups is 1. The molecule has 0 saturated heterocycles. The third-order valence-electron chi connectivity index (χ3n) is 2.85. The summed E-state index contributed by atoms with van der Waals surface area (Å²) in [7, 11) is 0. The van der Waals surface area contributed by atoms with Crippen molar-refractivity contribution < 1.29 is 9.21 Å². The number of benzene rings is 1. The van der Waals surface area contributed by atoms with Crippen molar-refractivity contribution in [1.82, 2.24) is 5.32 Å². The van der Waals surface area contributed by atoms with Crippen LogP contribution in [0.3, 0.4) is 0 Å². The first-order valence-electron chi connectivity index (χ1n) is 6.18. The van der Waals surface area contributed by atoms with E-state index in [0.29, 0.717) is 26.5 Å². The van der Waals surface area contributed by atoms with Gasteiger partial charge in [0.1, 0.15) is 5.76 Å². The molecule has 21 heavy (non-hydrogen) atoms. The molecule has 0 unspecified atom stereocenters. The van der Waals surface area contributed by atoms with Gasteiger partial charge in [0.2, 0.25) is 0 Å². The van der Waals surface area contributed by atoms with Crippen molar-refractivity contribution in [2.45, 2.75) is 0 Å². The van der Waals surface area contributed by atoms with Crippen LogP contribution in [-0.2, 0) is 0 Å². The number of amides is 1. The number of aliphatic imine (C=N–C) groups is 1. The number of nitrogens with zero attached hydrogens (tertiary/aromatic N) is 1. The lowest BCUT2D eigenvalue weighted by atomic mass is 10.2. The van der Waals surface area contributed by atoms with Crippen molar-refractivity contribution in [3.63, 3.8) is 0 Å². The fraction of sp³-hybridized carbons (Fsp3) is 0.143. The van der Waals surface area contributed by atoms with Crippen LogP contribution in [0.25, 0.3) is 11.3 Å². The molecular weight excluding hydrogens is 331 g/mol. The summed E-state index contributed by atoms with van der Waals surface area (Å²) in [5.41, 5.74) is 0.649.